The summed E-state index contributed by atoms with van der Waals surface area (Å²) in [4.78, 5) is 7.26. The van der Waals surface area contributed by atoms with Crippen LogP contribution < -0.4 is 0 Å². The molecule has 4 heterocycles. The fraction of sp³-hybridized carbons (Fsp3) is 0.259. The minimum absolute atomic E-state index is 0.243. The van der Waals surface area contributed by atoms with Crippen LogP contribution in [0.5, 0.6) is 0 Å². The highest BCUT2D eigenvalue weighted by atomic mass is 32.2. The highest BCUT2D eigenvalue weighted by Crippen LogP contribution is 2.44. The summed E-state index contributed by atoms with van der Waals surface area (Å²) < 4.78 is 30.5. The van der Waals surface area contributed by atoms with Crippen LogP contribution in [-0.2, 0) is 10.0 Å². The SMILES string of the molecule is Cc1nn(-c2ccccc2)c2c1C(c1ccccc1)N1C=C(S(=O)(=O)N3CCCCC3)C=CC1=N2. The molecule has 0 N–H and O–H groups in total. The number of piperidine rings is 1. The molecule has 35 heavy (non-hydrogen) atoms. The van der Waals surface area contributed by atoms with Crippen molar-refractivity contribution < 1.29 is 8.42 Å². The molecular formula is C27H27N5O2S. The van der Waals surface area contributed by atoms with Crippen molar-refractivity contribution in [3.05, 3.63) is 101 Å². The van der Waals surface area contributed by atoms with Gasteiger partial charge in [0.25, 0.3) is 0 Å². The molecule has 3 aliphatic heterocycles. The first kappa shape index (κ1) is 22.0. The van der Waals surface area contributed by atoms with E-state index in [-0.39, 0.29) is 6.04 Å². The Bertz CT molecular complexity index is 1450. The number of rotatable bonds is 4. The number of aliphatic imine (C=N–C) groups is 1. The molecule has 0 aliphatic carbocycles. The summed E-state index contributed by atoms with van der Waals surface area (Å²) in [6.45, 7) is 3.14. The largest absolute Gasteiger partial charge is 0.320 e. The van der Waals surface area contributed by atoms with Crippen LogP contribution in [0.3, 0.4) is 0 Å². The number of allylic oxidation sites excluding steroid dienone is 1. The molecule has 8 heteroatoms. The molecule has 178 valence electrons. The molecule has 6 rings (SSSR count). The van der Waals surface area contributed by atoms with Crippen molar-refractivity contribution in [2.45, 2.75) is 32.2 Å². The second-order valence-electron chi connectivity index (χ2n) is 9.09. The first-order valence-corrected chi connectivity index (χ1v) is 13.4. The van der Waals surface area contributed by atoms with Gasteiger partial charge in [0.1, 0.15) is 5.84 Å². The summed E-state index contributed by atoms with van der Waals surface area (Å²) >= 11 is 0. The predicted molar refractivity (Wildman–Crippen MR) is 137 cm³/mol. The third-order valence-corrected chi connectivity index (χ3v) is 8.73. The van der Waals surface area contributed by atoms with Crippen molar-refractivity contribution in [1.82, 2.24) is 19.0 Å². The Morgan fingerprint density at radius 1 is 0.886 bits per heavy atom. The van der Waals surface area contributed by atoms with Gasteiger partial charge < -0.3 is 4.90 Å². The van der Waals surface area contributed by atoms with E-state index in [1.54, 1.807) is 16.6 Å². The maximum atomic E-state index is 13.5. The maximum absolute atomic E-state index is 13.5. The standard InChI is InChI=1S/C27H27N5O2S/c1-20-25-26(21-11-5-2-6-12-21)31-19-23(35(33,34)30-17-9-4-10-18-30)15-16-24(31)28-27(25)32(29-20)22-13-7-3-8-14-22/h2-3,5-8,11-16,19,26H,4,9-10,17-18H2,1H3. The van der Waals surface area contributed by atoms with E-state index in [0.717, 1.165) is 47.6 Å². The minimum Gasteiger partial charge on any atom is -0.320 e. The van der Waals surface area contributed by atoms with E-state index in [4.69, 9.17) is 10.1 Å². The molecule has 7 nitrogen and oxygen atoms in total. The zero-order chi connectivity index (χ0) is 24.0. The van der Waals surface area contributed by atoms with Gasteiger partial charge >= 0.3 is 0 Å². The number of hydrogen-bond donors (Lipinski definition) is 0. The van der Waals surface area contributed by atoms with Crippen LogP contribution in [0.2, 0.25) is 0 Å². The second kappa shape index (κ2) is 8.62. The monoisotopic (exact) mass is 485 g/mol. The van der Waals surface area contributed by atoms with E-state index in [1.165, 1.54) is 0 Å². The number of aromatic nitrogens is 2. The Morgan fingerprint density at radius 3 is 2.29 bits per heavy atom. The summed E-state index contributed by atoms with van der Waals surface area (Å²) in [7, 11) is -3.58. The molecule has 1 fully saturated rings. The van der Waals surface area contributed by atoms with E-state index in [1.807, 2.05) is 71.1 Å². The molecule has 3 aliphatic rings. The van der Waals surface area contributed by atoms with Gasteiger partial charge in [0.2, 0.25) is 10.0 Å². The molecule has 0 spiro atoms. The van der Waals surface area contributed by atoms with Crippen molar-refractivity contribution in [2.24, 2.45) is 4.99 Å². The van der Waals surface area contributed by atoms with Crippen LogP contribution in [0.15, 0.2) is 88.9 Å². The lowest BCUT2D eigenvalue weighted by molar-refractivity contribution is 0.349. The highest BCUT2D eigenvalue weighted by molar-refractivity contribution is 7.93. The summed E-state index contributed by atoms with van der Waals surface area (Å²) in [5, 5.41) is 4.85. The quantitative estimate of drug-likeness (QED) is 0.530. The van der Waals surface area contributed by atoms with Gasteiger partial charge in [0, 0.05) is 24.9 Å². The van der Waals surface area contributed by atoms with E-state index in [0.29, 0.717) is 23.8 Å². The molecule has 1 aromatic heterocycles. The Balaban J connectivity index is 1.51. The average molecular weight is 486 g/mol. The number of nitrogens with zero attached hydrogens (tertiary/aromatic N) is 5. The van der Waals surface area contributed by atoms with E-state index in [2.05, 4.69) is 12.1 Å². The summed E-state index contributed by atoms with van der Waals surface area (Å²) in [6.07, 6.45) is 8.13. The first-order chi connectivity index (χ1) is 17.0. The molecule has 2 aromatic carbocycles. The number of benzene rings is 2. The van der Waals surface area contributed by atoms with Crippen LogP contribution in [0.1, 0.15) is 42.1 Å². The third kappa shape index (κ3) is 3.73. The Kier molecular flexibility index (Phi) is 5.42. The van der Waals surface area contributed by atoms with Crippen LogP contribution in [0.25, 0.3) is 5.69 Å². The van der Waals surface area contributed by atoms with Gasteiger partial charge in [0.05, 0.1) is 22.3 Å². The van der Waals surface area contributed by atoms with Crippen molar-refractivity contribution in [3.63, 3.8) is 0 Å². The number of hydrogen-bond acceptors (Lipinski definition) is 5. The molecule has 0 bridgehead atoms. The zero-order valence-corrected chi connectivity index (χ0v) is 20.4. The van der Waals surface area contributed by atoms with Gasteiger partial charge in [-0.3, -0.25) is 0 Å². The van der Waals surface area contributed by atoms with Crippen LogP contribution in [0, 0.1) is 6.92 Å². The average Bonchev–Trinajstić information content (AvgIpc) is 3.24. The van der Waals surface area contributed by atoms with E-state index >= 15 is 0 Å². The number of para-hydroxylation sites is 1. The topological polar surface area (TPSA) is 70.8 Å². The molecule has 0 amide bonds. The highest BCUT2D eigenvalue weighted by Gasteiger charge is 2.38. The summed E-state index contributed by atoms with van der Waals surface area (Å²) in [5.41, 5.74) is 3.83. The molecule has 0 saturated carbocycles. The number of sulfonamides is 1. The predicted octanol–water partition coefficient (Wildman–Crippen LogP) is 4.84. The summed E-state index contributed by atoms with van der Waals surface area (Å²) in [6, 6.07) is 19.9. The van der Waals surface area contributed by atoms with Crippen LogP contribution >= 0.6 is 0 Å². The fourth-order valence-electron chi connectivity index (χ4n) is 5.11. The molecule has 1 atom stereocenters. The lowest BCUT2D eigenvalue weighted by Gasteiger charge is -2.37. The molecule has 1 unspecified atom stereocenters. The van der Waals surface area contributed by atoms with Gasteiger partial charge in [-0.2, -0.15) is 9.40 Å². The molecule has 3 aromatic rings. The number of amidine groups is 1. The first-order valence-electron chi connectivity index (χ1n) is 12.0. The Labute approximate surface area is 205 Å². The lowest BCUT2D eigenvalue weighted by Crippen LogP contribution is -2.39. The second-order valence-corrected chi connectivity index (χ2v) is 11.0. The summed E-state index contributed by atoms with van der Waals surface area (Å²) in [5.74, 6) is 1.47. The minimum atomic E-state index is -3.58. The van der Waals surface area contributed by atoms with Crippen LogP contribution in [0.4, 0.5) is 5.82 Å². The van der Waals surface area contributed by atoms with Gasteiger partial charge in [-0.1, -0.05) is 55.0 Å². The molecular weight excluding hydrogens is 458 g/mol. The Hall–Kier alpha value is -3.49. The van der Waals surface area contributed by atoms with Crippen molar-refractivity contribution in [1.29, 1.82) is 0 Å². The number of fused-ring (bicyclic) bond motifs is 2. The zero-order valence-electron chi connectivity index (χ0n) is 19.6. The molecule has 0 radical (unpaired) electrons. The van der Waals surface area contributed by atoms with Gasteiger partial charge in [-0.15, -0.1) is 0 Å². The maximum Gasteiger partial charge on any atom is 0.244 e. The third-order valence-electron chi connectivity index (χ3n) is 6.85. The van der Waals surface area contributed by atoms with Crippen molar-refractivity contribution in [2.75, 3.05) is 13.1 Å². The normalized spacial score (nSPS) is 20.1. The van der Waals surface area contributed by atoms with Crippen molar-refractivity contribution >= 4 is 21.7 Å². The van der Waals surface area contributed by atoms with Gasteiger partial charge in [0.15, 0.2) is 5.82 Å². The smallest absolute Gasteiger partial charge is 0.244 e. The van der Waals surface area contributed by atoms with E-state index < -0.39 is 10.0 Å². The van der Waals surface area contributed by atoms with Crippen molar-refractivity contribution in [3.8, 4) is 5.69 Å². The van der Waals surface area contributed by atoms with Gasteiger partial charge in [-0.25, -0.2) is 18.1 Å². The van der Waals surface area contributed by atoms with Gasteiger partial charge in [-0.05, 0) is 49.6 Å². The Morgan fingerprint density at radius 2 is 1.57 bits per heavy atom. The number of aryl methyl sites for hydroxylation is 1. The lowest BCUT2D eigenvalue weighted by atomic mass is 9.95. The fourth-order valence-corrected chi connectivity index (χ4v) is 6.64. The van der Waals surface area contributed by atoms with Crippen LogP contribution in [-0.4, -0.2) is 46.3 Å². The molecule has 1 saturated heterocycles. The van der Waals surface area contributed by atoms with E-state index in [9.17, 15) is 8.42 Å².